The van der Waals surface area contributed by atoms with Gasteiger partial charge >= 0.3 is 5.97 Å². The Labute approximate surface area is 81.1 Å². The lowest BCUT2D eigenvalue weighted by molar-refractivity contribution is -0.140. The summed E-state index contributed by atoms with van der Waals surface area (Å²) in [5.41, 5.74) is 0. The quantitative estimate of drug-likeness (QED) is 0.590. The van der Waals surface area contributed by atoms with Crippen LogP contribution in [0.3, 0.4) is 0 Å². The Morgan fingerprint density at radius 1 is 1.85 bits per heavy atom. The van der Waals surface area contributed by atoms with Crippen LogP contribution in [0.25, 0.3) is 0 Å². The number of methoxy groups -OCH3 is 1. The van der Waals surface area contributed by atoms with E-state index in [0.29, 0.717) is 0 Å². The highest BCUT2D eigenvalue weighted by molar-refractivity contribution is 8.00. The maximum Gasteiger partial charge on any atom is 0.319 e. The number of thioether (sulfide) groups is 1. The molecule has 1 N–H and O–H groups in total. The van der Waals surface area contributed by atoms with Crippen LogP contribution in [0.2, 0.25) is 0 Å². The number of nitrogens with zero attached hydrogens (tertiary/aromatic N) is 1. The monoisotopic (exact) mass is 200 g/mol. The number of ether oxygens (including phenoxy) is 1. The molecule has 1 unspecified atom stereocenters. The van der Waals surface area contributed by atoms with Crippen molar-refractivity contribution in [2.75, 3.05) is 7.11 Å². The summed E-state index contributed by atoms with van der Waals surface area (Å²) in [7, 11) is 1.40. The van der Waals surface area contributed by atoms with Crippen LogP contribution in [-0.2, 0) is 9.53 Å². The fraction of sp³-hybridized carbons (Fsp3) is 0.500. The van der Waals surface area contributed by atoms with E-state index in [9.17, 15) is 4.79 Å². The third kappa shape index (κ3) is 2.77. The number of imidazole rings is 1. The molecule has 0 amide bonds. The van der Waals surface area contributed by atoms with Crippen molar-refractivity contribution < 1.29 is 9.53 Å². The Kier molecular flexibility index (Phi) is 3.82. The number of H-pyrrole nitrogens is 1. The van der Waals surface area contributed by atoms with E-state index < -0.39 is 0 Å². The van der Waals surface area contributed by atoms with Gasteiger partial charge in [0.05, 0.1) is 7.11 Å². The summed E-state index contributed by atoms with van der Waals surface area (Å²) >= 11 is 1.39. The molecule has 0 aliphatic carbocycles. The van der Waals surface area contributed by atoms with Crippen LogP contribution in [-0.4, -0.2) is 28.3 Å². The lowest BCUT2D eigenvalue weighted by atomic mass is 10.3. The number of carbonyl (C=O) groups is 1. The molecule has 0 bridgehead atoms. The van der Waals surface area contributed by atoms with Crippen LogP contribution in [0.5, 0.6) is 0 Å². The molecule has 0 saturated heterocycles. The van der Waals surface area contributed by atoms with Crippen LogP contribution in [0.1, 0.15) is 13.3 Å². The molecule has 0 aromatic carbocycles. The van der Waals surface area contributed by atoms with Gasteiger partial charge in [0.1, 0.15) is 5.25 Å². The number of carbonyl (C=O) groups excluding carboxylic acids is 1. The number of nitrogens with one attached hydrogen (secondary N) is 1. The Morgan fingerprint density at radius 3 is 3.08 bits per heavy atom. The fourth-order valence-corrected chi connectivity index (χ4v) is 1.77. The smallest absolute Gasteiger partial charge is 0.319 e. The largest absolute Gasteiger partial charge is 0.468 e. The predicted molar refractivity (Wildman–Crippen MR) is 50.5 cm³/mol. The number of hydrogen-bond donors (Lipinski definition) is 1. The van der Waals surface area contributed by atoms with Gasteiger partial charge in [0.2, 0.25) is 0 Å². The Hall–Kier alpha value is -0.970. The van der Waals surface area contributed by atoms with Gasteiger partial charge in [-0.2, -0.15) is 0 Å². The van der Waals surface area contributed by atoms with Gasteiger partial charge in [-0.25, -0.2) is 4.98 Å². The van der Waals surface area contributed by atoms with Gasteiger partial charge in [-0.1, -0.05) is 18.7 Å². The second-order valence-corrected chi connectivity index (χ2v) is 3.62. The van der Waals surface area contributed by atoms with Crippen LogP contribution in [0, 0.1) is 0 Å². The molecule has 0 saturated carbocycles. The highest BCUT2D eigenvalue weighted by Crippen LogP contribution is 2.22. The Balaban J connectivity index is 2.54. The zero-order chi connectivity index (χ0) is 9.68. The molecule has 0 fully saturated rings. The molecule has 1 aromatic rings. The molecular weight excluding hydrogens is 188 g/mol. The van der Waals surface area contributed by atoms with Gasteiger partial charge in [-0.05, 0) is 6.42 Å². The standard InChI is InChI=1S/C8H12N2O2S/c1-3-6(7(11)12-2)13-8-9-4-5-10-8/h4-6H,3H2,1-2H3,(H,9,10). The number of esters is 1. The van der Waals surface area contributed by atoms with Gasteiger partial charge < -0.3 is 9.72 Å². The summed E-state index contributed by atoms with van der Waals surface area (Å²) in [6, 6.07) is 0. The third-order valence-corrected chi connectivity index (χ3v) is 2.82. The lowest BCUT2D eigenvalue weighted by Crippen LogP contribution is -2.17. The predicted octanol–water partition coefficient (Wildman–Crippen LogP) is 1.45. The zero-order valence-electron chi connectivity index (χ0n) is 7.61. The molecule has 1 aromatic heterocycles. The normalized spacial score (nSPS) is 12.5. The van der Waals surface area contributed by atoms with Crippen LogP contribution in [0.4, 0.5) is 0 Å². The maximum absolute atomic E-state index is 11.2. The van der Waals surface area contributed by atoms with Gasteiger partial charge in [-0.3, -0.25) is 4.79 Å². The van der Waals surface area contributed by atoms with Crippen molar-refractivity contribution in [1.29, 1.82) is 0 Å². The average molecular weight is 200 g/mol. The molecule has 72 valence electrons. The number of aromatic nitrogens is 2. The molecule has 0 spiro atoms. The van der Waals surface area contributed by atoms with Crippen molar-refractivity contribution in [2.45, 2.75) is 23.8 Å². The first-order chi connectivity index (χ1) is 6.27. The maximum atomic E-state index is 11.2. The lowest BCUT2D eigenvalue weighted by Gasteiger charge is -2.09. The average Bonchev–Trinajstić information content (AvgIpc) is 2.65. The Morgan fingerprint density at radius 2 is 2.62 bits per heavy atom. The van der Waals surface area contributed by atoms with E-state index in [1.54, 1.807) is 12.4 Å². The Bertz CT molecular complexity index is 261. The van der Waals surface area contributed by atoms with Crippen molar-refractivity contribution in [1.82, 2.24) is 9.97 Å². The number of hydrogen-bond acceptors (Lipinski definition) is 4. The van der Waals surface area contributed by atoms with E-state index in [2.05, 4.69) is 14.7 Å². The molecule has 4 nitrogen and oxygen atoms in total. The molecule has 1 rings (SSSR count). The minimum atomic E-state index is -0.205. The topological polar surface area (TPSA) is 55.0 Å². The second-order valence-electron chi connectivity index (χ2n) is 2.43. The van der Waals surface area contributed by atoms with Gasteiger partial charge in [0, 0.05) is 12.4 Å². The summed E-state index contributed by atoms with van der Waals surface area (Å²) in [6.07, 6.45) is 4.12. The molecule has 0 aliphatic rings. The van der Waals surface area contributed by atoms with Gasteiger partial charge in [0.15, 0.2) is 5.16 Å². The first kappa shape index (κ1) is 10.1. The summed E-state index contributed by atoms with van der Waals surface area (Å²) < 4.78 is 4.65. The van der Waals surface area contributed by atoms with Crippen LogP contribution in [0.15, 0.2) is 17.6 Å². The van der Waals surface area contributed by atoms with Crippen LogP contribution >= 0.6 is 11.8 Å². The number of rotatable bonds is 4. The summed E-state index contributed by atoms with van der Waals surface area (Å²) in [5, 5.41) is 0.577. The summed E-state index contributed by atoms with van der Waals surface area (Å²) in [5.74, 6) is -0.205. The van der Waals surface area contributed by atoms with Crippen molar-refractivity contribution >= 4 is 17.7 Å². The van der Waals surface area contributed by atoms with E-state index in [0.717, 1.165) is 11.6 Å². The third-order valence-electron chi connectivity index (χ3n) is 1.56. The first-order valence-corrected chi connectivity index (χ1v) is 4.89. The molecule has 1 heterocycles. The minimum Gasteiger partial charge on any atom is -0.468 e. The highest BCUT2D eigenvalue weighted by atomic mass is 32.2. The summed E-state index contributed by atoms with van der Waals surface area (Å²) in [6.45, 7) is 1.94. The van der Waals surface area contributed by atoms with Crippen molar-refractivity contribution in [3.63, 3.8) is 0 Å². The van der Waals surface area contributed by atoms with Crippen molar-refractivity contribution in [3.05, 3.63) is 12.4 Å². The molecule has 0 aliphatic heterocycles. The van der Waals surface area contributed by atoms with E-state index in [1.807, 2.05) is 6.92 Å². The molecular formula is C8H12N2O2S. The van der Waals surface area contributed by atoms with E-state index in [4.69, 9.17) is 0 Å². The number of aromatic amines is 1. The molecule has 1 atom stereocenters. The van der Waals surface area contributed by atoms with Gasteiger partial charge in [0.25, 0.3) is 0 Å². The van der Waals surface area contributed by atoms with Gasteiger partial charge in [-0.15, -0.1) is 0 Å². The van der Waals surface area contributed by atoms with E-state index in [-0.39, 0.29) is 11.2 Å². The zero-order valence-corrected chi connectivity index (χ0v) is 8.43. The van der Waals surface area contributed by atoms with E-state index in [1.165, 1.54) is 18.9 Å². The SMILES string of the molecule is CCC(Sc1ncc[nH]1)C(=O)OC. The molecule has 13 heavy (non-hydrogen) atoms. The first-order valence-electron chi connectivity index (χ1n) is 4.01. The molecule has 5 heteroatoms. The van der Waals surface area contributed by atoms with Crippen molar-refractivity contribution in [2.24, 2.45) is 0 Å². The second kappa shape index (κ2) is 4.91. The van der Waals surface area contributed by atoms with Crippen molar-refractivity contribution in [3.8, 4) is 0 Å². The summed E-state index contributed by atoms with van der Waals surface area (Å²) in [4.78, 5) is 18.1. The van der Waals surface area contributed by atoms with Crippen LogP contribution < -0.4 is 0 Å². The minimum absolute atomic E-state index is 0.170. The molecule has 0 radical (unpaired) electrons. The highest BCUT2D eigenvalue weighted by Gasteiger charge is 2.18. The van der Waals surface area contributed by atoms with E-state index >= 15 is 0 Å². The fourth-order valence-electron chi connectivity index (χ4n) is 0.880.